The van der Waals surface area contributed by atoms with E-state index in [-0.39, 0.29) is 22.0 Å². The number of hydrogen-bond donors (Lipinski definition) is 0. The zero-order chi connectivity index (χ0) is 20.9. The Labute approximate surface area is 178 Å². The van der Waals surface area contributed by atoms with Crippen LogP contribution >= 0.6 is 23.1 Å². The lowest BCUT2D eigenvalue weighted by molar-refractivity contribution is -0.114. The first kappa shape index (κ1) is 19.9. The average molecular weight is 426 g/mol. The van der Waals surface area contributed by atoms with Crippen LogP contribution in [0, 0.1) is 0 Å². The van der Waals surface area contributed by atoms with Crippen molar-refractivity contribution in [2.24, 2.45) is 7.05 Å². The van der Waals surface area contributed by atoms with Gasteiger partial charge < -0.3 is 4.90 Å². The summed E-state index contributed by atoms with van der Waals surface area (Å²) in [6.45, 7) is 6.15. The number of thioether (sulfide) groups is 1. The van der Waals surface area contributed by atoms with E-state index >= 15 is 0 Å². The van der Waals surface area contributed by atoms with Gasteiger partial charge in [-0.3, -0.25) is 14.2 Å². The molecule has 7 heteroatoms. The molecular weight excluding hydrogens is 402 g/mol. The standard InChI is InChI=1S/C22H23N3O2S2/c1-13(29-21-23-15-10-11-28-19(15)20(27)25(21)5)17(26)12-18-22(2,3)14-8-6-7-9-16(14)24(18)4/h6-13H,1-5H3/b18-12+. The van der Waals surface area contributed by atoms with Gasteiger partial charge in [0, 0.05) is 37.0 Å². The smallest absolute Gasteiger partial charge is 0.271 e. The first-order valence-electron chi connectivity index (χ1n) is 9.42. The summed E-state index contributed by atoms with van der Waals surface area (Å²) in [7, 11) is 3.71. The average Bonchev–Trinajstić information content (AvgIpc) is 3.23. The first-order valence-corrected chi connectivity index (χ1v) is 11.2. The number of allylic oxidation sites excluding steroid dienone is 2. The summed E-state index contributed by atoms with van der Waals surface area (Å²) >= 11 is 2.71. The van der Waals surface area contributed by atoms with Gasteiger partial charge in [-0.05, 0) is 30.0 Å². The molecule has 0 bridgehead atoms. The molecule has 0 fully saturated rings. The Balaban J connectivity index is 1.63. The Morgan fingerprint density at radius 1 is 1.24 bits per heavy atom. The van der Waals surface area contributed by atoms with Gasteiger partial charge in [0.15, 0.2) is 10.9 Å². The molecule has 3 aromatic rings. The van der Waals surface area contributed by atoms with Gasteiger partial charge in [0.05, 0.1) is 10.8 Å². The molecule has 1 aliphatic heterocycles. The van der Waals surface area contributed by atoms with Crippen molar-refractivity contribution in [1.29, 1.82) is 0 Å². The molecule has 1 atom stereocenters. The Kier molecular flexibility index (Phi) is 4.91. The monoisotopic (exact) mass is 425 g/mol. The number of likely N-dealkylation sites (N-methyl/N-ethyl adjacent to an activating group) is 1. The number of thiophene rings is 1. The van der Waals surface area contributed by atoms with Crippen LogP contribution in [-0.2, 0) is 17.3 Å². The third-order valence-corrected chi connectivity index (χ3v) is 7.60. The minimum atomic E-state index is -0.357. The molecule has 0 N–H and O–H groups in total. The molecule has 5 nitrogen and oxygen atoms in total. The van der Waals surface area contributed by atoms with Gasteiger partial charge in [0.25, 0.3) is 5.56 Å². The second kappa shape index (κ2) is 7.15. The minimum absolute atomic E-state index is 0.0115. The molecule has 3 heterocycles. The van der Waals surface area contributed by atoms with Crippen molar-refractivity contribution in [3.05, 3.63) is 63.4 Å². The van der Waals surface area contributed by atoms with Crippen LogP contribution < -0.4 is 10.5 Å². The molecule has 0 saturated carbocycles. The number of aromatic nitrogens is 2. The molecular formula is C22H23N3O2S2. The van der Waals surface area contributed by atoms with E-state index in [1.54, 1.807) is 13.1 Å². The molecule has 0 radical (unpaired) electrons. The van der Waals surface area contributed by atoms with E-state index in [9.17, 15) is 9.59 Å². The third-order valence-electron chi connectivity index (χ3n) is 5.55. The summed E-state index contributed by atoms with van der Waals surface area (Å²) in [6.07, 6.45) is 1.75. The van der Waals surface area contributed by atoms with Gasteiger partial charge in [0.2, 0.25) is 0 Å². The number of anilines is 1. The molecule has 4 rings (SSSR count). The van der Waals surface area contributed by atoms with Crippen LogP contribution in [0.2, 0.25) is 0 Å². The lowest BCUT2D eigenvalue weighted by atomic mass is 9.83. The van der Waals surface area contributed by atoms with Gasteiger partial charge in [0.1, 0.15) is 4.70 Å². The zero-order valence-corrected chi connectivity index (χ0v) is 18.7. The maximum absolute atomic E-state index is 13.1. The second-order valence-corrected chi connectivity index (χ2v) is 10.0. The number of carbonyl (C=O) groups excluding carboxylic acids is 1. The highest BCUT2D eigenvalue weighted by molar-refractivity contribution is 8.00. The zero-order valence-electron chi connectivity index (χ0n) is 17.1. The van der Waals surface area contributed by atoms with Crippen molar-refractivity contribution in [3.8, 4) is 0 Å². The maximum atomic E-state index is 13.1. The van der Waals surface area contributed by atoms with Crippen LogP contribution in [0.25, 0.3) is 10.2 Å². The minimum Gasteiger partial charge on any atom is -0.347 e. The maximum Gasteiger partial charge on any atom is 0.271 e. The van der Waals surface area contributed by atoms with Crippen LogP contribution in [0.4, 0.5) is 5.69 Å². The summed E-state index contributed by atoms with van der Waals surface area (Å²) in [4.78, 5) is 32.2. The molecule has 0 amide bonds. The van der Waals surface area contributed by atoms with Crippen molar-refractivity contribution in [1.82, 2.24) is 9.55 Å². The molecule has 150 valence electrons. The van der Waals surface area contributed by atoms with Gasteiger partial charge >= 0.3 is 0 Å². The SMILES string of the molecule is CC(Sc1nc2ccsc2c(=O)n1C)C(=O)/C=C1/N(C)c2ccccc2C1(C)C. The first-order chi connectivity index (χ1) is 13.7. The van der Waals surface area contributed by atoms with Crippen LogP contribution in [0.5, 0.6) is 0 Å². The third kappa shape index (κ3) is 3.22. The predicted octanol–water partition coefficient (Wildman–Crippen LogP) is 4.36. The van der Waals surface area contributed by atoms with Crippen LogP contribution in [0.1, 0.15) is 26.3 Å². The number of benzene rings is 1. The fraction of sp³-hybridized carbons (Fsp3) is 0.318. The predicted molar refractivity (Wildman–Crippen MR) is 121 cm³/mol. The van der Waals surface area contributed by atoms with E-state index < -0.39 is 0 Å². The molecule has 2 aromatic heterocycles. The molecule has 1 aliphatic rings. The van der Waals surface area contributed by atoms with E-state index in [1.807, 2.05) is 37.6 Å². The summed E-state index contributed by atoms with van der Waals surface area (Å²) in [5.74, 6) is 0.0115. The van der Waals surface area contributed by atoms with Gasteiger partial charge in [-0.2, -0.15) is 0 Å². The molecule has 0 saturated heterocycles. The highest BCUT2D eigenvalue weighted by atomic mass is 32.2. The van der Waals surface area contributed by atoms with Crippen molar-refractivity contribution in [2.75, 3.05) is 11.9 Å². The molecule has 0 spiro atoms. The van der Waals surface area contributed by atoms with E-state index in [2.05, 4.69) is 35.9 Å². The number of carbonyl (C=O) groups is 1. The lowest BCUT2D eigenvalue weighted by Gasteiger charge is -2.24. The van der Waals surface area contributed by atoms with Crippen LogP contribution in [0.15, 0.2) is 57.4 Å². The number of ketones is 1. The highest BCUT2D eigenvalue weighted by Gasteiger charge is 2.38. The van der Waals surface area contributed by atoms with Crippen molar-refractivity contribution in [3.63, 3.8) is 0 Å². The lowest BCUT2D eigenvalue weighted by Crippen LogP contribution is -2.26. The van der Waals surface area contributed by atoms with Gasteiger partial charge in [-0.15, -0.1) is 11.3 Å². The van der Waals surface area contributed by atoms with Crippen molar-refractivity contribution < 1.29 is 4.79 Å². The van der Waals surface area contributed by atoms with Crippen molar-refractivity contribution in [2.45, 2.75) is 36.6 Å². The Bertz CT molecular complexity index is 1210. The number of rotatable bonds is 4. The van der Waals surface area contributed by atoms with Crippen LogP contribution in [0.3, 0.4) is 0 Å². The summed E-state index contributed by atoms with van der Waals surface area (Å²) < 4.78 is 2.17. The molecule has 1 aromatic carbocycles. The fourth-order valence-electron chi connectivity index (χ4n) is 3.80. The van der Waals surface area contributed by atoms with Gasteiger partial charge in [-0.1, -0.05) is 43.8 Å². The second-order valence-electron chi connectivity index (χ2n) is 7.79. The van der Waals surface area contributed by atoms with Crippen molar-refractivity contribution >= 4 is 44.8 Å². The number of nitrogens with zero attached hydrogens (tertiary/aromatic N) is 3. The summed E-state index contributed by atoms with van der Waals surface area (Å²) in [5.41, 5.74) is 3.69. The topological polar surface area (TPSA) is 55.2 Å². The van der Waals surface area contributed by atoms with E-state index in [0.29, 0.717) is 15.4 Å². The van der Waals surface area contributed by atoms with E-state index in [1.165, 1.54) is 33.2 Å². The fourth-order valence-corrected chi connectivity index (χ4v) is 5.50. The number of para-hydroxylation sites is 1. The molecule has 29 heavy (non-hydrogen) atoms. The van der Waals surface area contributed by atoms with E-state index in [4.69, 9.17) is 0 Å². The van der Waals surface area contributed by atoms with E-state index in [0.717, 1.165) is 11.4 Å². The summed E-state index contributed by atoms with van der Waals surface area (Å²) in [6, 6.07) is 10.1. The highest BCUT2D eigenvalue weighted by Crippen LogP contribution is 2.46. The van der Waals surface area contributed by atoms with Crippen LogP contribution in [-0.4, -0.2) is 27.6 Å². The number of fused-ring (bicyclic) bond motifs is 2. The quantitative estimate of drug-likeness (QED) is 0.353. The Morgan fingerprint density at radius 3 is 2.69 bits per heavy atom. The normalized spacial score (nSPS) is 17.7. The largest absolute Gasteiger partial charge is 0.347 e. The molecule has 1 unspecified atom stereocenters. The van der Waals surface area contributed by atoms with Gasteiger partial charge in [-0.25, -0.2) is 4.98 Å². The number of hydrogen-bond acceptors (Lipinski definition) is 6. The molecule has 0 aliphatic carbocycles. The Morgan fingerprint density at radius 2 is 1.97 bits per heavy atom. The Hall–Kier alpha value is -2.38. The summed E-state index contributed by atoms with van der Waals surface area (Å²) in [5, 5.41) is 2.06.